The minimum absolute atomic E-state index is 0.332. The third-order valence-electron chi connectivity index (χ3n) is 4.13. The standard InChI is InChI=1S/C25H20ClFO/c1-2-3-4-17-28-24-15-12-21(13-16-24)20-8-5-19(6-9-20)7-10-22-11-14-23(26)18-25(22)27/h2-3,5-6,8-9,11-16,18H,4,17H2,1H3. The zero-order valence-electron chi connectivity index (χ0n) is 15.6. The minimum atomic E-state index is -0.412. The van der Waals surface area contributed by atoms with Crippen molar-refractivity contribution in [2.75, 3.05) is 6.61 Å². The Morgan fingerprint density at radius 2 is 1.61 bits per heavy atom. The number of hydrogen-bond acceptors (Lipinski definition) is 1. The van der Waals surface area contributed by atoms with Gasteiger partial charge in [-0.15, -0.1) is 0 Å². The zero-order chi connectivity index (χ0) is 19.8. The number of halogens is 2. The average Bonchev–Trinajstić information content (AvgIpc) is 2.72. The molecule has 3 rings (SSSR count). The molecule has 0 unspecified atom stereocenters. The number of ether oxygens (including phenoxy) is 1. The summed E-state index contributed by atoms with van der Waals surface area (Å²) in [6, 6.07) is 20.4. The van der Waals surface area contributed by atoms with Crippen molar-refractivity contribution in [2.45, 2.75) is 13.3 Å². The van der Waals surface area contributed by atoms with Gasteiger partial charge in [0.2, 0.25) is 0 Å². The molecular weight excluding hydrogens is 371 g/mol. The molecule has 0 bridgehead atoms. The van der Waals surface area contributed by atoms with E-state index in [9.17, 15) is 4.39 Å². The smallest absolute Gasteiger partial charge is 0.140 e. The minimum Gasteiger partial charge on any atom is -0.493 e. The molecule has 3 aromatic rings. The van der Waals surface area contributed by atoms with Gasteiger partial charge in [0.05, 0.1) is 12.2 Å². The van der Waals surface area contributed by atoms with E-state index in [1.807, 2.05) is 61.5 Å². The lowest BCUT2D eigenvalue weighted by atomic mass is 10.0. The molecule has 0 aliphatic heterocycles. The second-order valence-corrected chi connectivity index (χ2v) is 6.62. The van der Waals surface area contributed by atoms with E-state index in [1.54, 1.807) is 12.1 Å². The van der Waals surface area contributed by atoms with Gasteiger partial charge in [0, 0.05) is 10.6 Å². The van der Waals surface area contributed by atoms with Gasteiger partial charge < -0.3 is 4.74 Å². The lowest BCUT2D eigenvalue weighted by molar-refractivity contribution is 0.325. The molecule has 1 nitrogen and oxygen atoms in total. The van der Waals surface area contributed by atoms with Crippen LogP contribution in [0.4, 0.5) is 4.39 Å². The van der Waals surface area contributed by atoms with Gasteiger partial charge in [-0.3, -0.25) is 0 Å². The Bertz CT molecular complexity index is 1010. The van der Waals surface area contributed by atoms with Crippen molar-refractivity contribution in [3.05, 3.63) is 101 Å². The summed E-state index contributed by atoms with van der Waals surface area (Å²) in [5.41, 5.74) is 3.34. The van der Waals surface area contributed by atoms with Gasteiger partial charge in [-0.25, -0.2) is 4.39 Å². The molecule has 28 heavy (non-hydrogen) atoms. The SMILES string of the molecule is CC=CCCOc1ccc(-c2ccc(C#Cc3ccc(Cl)cc3F)cc2)cc1. The van der Waals surface area contributed by atoms with Crippen molar-refractivity contribution >= 4 is 11.6 Å². The predicted molar refractivity (Wildman–Crippen MR) is 114 cm³/mol. The van der Waals surface area contributed by atoms with Gasteiger partial charge in [-0.1, -0.05) is 59.9 Å². The Balaban J connectivity index is 1.67. The number of allylic oxidation sites excluding steroid dienone is 1. The highest BCUT2D eigenvalue weighted by Crippen LogP contribution is 2.23. The molecule has 0 heterocycles. The molecule has 0 spiro atoms. The molecule has 0 aliphatic rings. The van der Waals surface area contributed by atoms with Gasteiger partial charge in [-0.2, -0.15) is 0 Å². The van der Waals surface area contributed by atoms with Crippen molar-refractivity contribution in [3.8, 4) is 28.7 Å². The predicted octanol–water partition coefficient (Wildman–Crippen LogP) is 6.89. The molecule has 0 atom stereocenters. The van der Waals surface area contributed by atoms with Crippen molar-refractivity contribution in [1.82, 2.24) is 0 Å². The van der Waals surface area contributed by atoms with Crippen LogP contribution in [0.2, 0.25) is 5.02 Å². The third kappa shape index (κ3) is 5.49. The van der Waals surface area contributed by atoms with Crippen LogP contribution < -0.4 is 4.74 Å². The van der Waals surface area contributed by atoms with Crippen LogP contribution in [0.3, 0.4) is 0 Å². The number of rotatable bonds is 5. The summed E-state index contributed by atoms with van der Waals surface area (Å²) in [4.78, 5) is 0. The molecule has 0 fully saturated rings. The molecule has 3 heteroatoms. The van der Waals surface area contributed by atoms with Crippen LogP contribution in [0.5, 0.6) is 5.75 Å². The highest BCUT2D eigenvalue weighted by molar-refractivity contribution is 6.30. The quantitative estimate of drug-likeness (QED) is 0.262. The van der Waals surface area contributed by atoms with Crippen molar-refractivity contribution in [3.63, 3.8) is 0 Å². The van der Waals surface area contributed by atoms with E-state index in [0.29, 0.717) is 17.2 Å². The van der Waals surface area contributed by atoms with Crippen molar-refractivity contribution in [2.24, 2.45) is 0 Å². The lowest BCUT2D eigenvalue weighted by Gasteiger charge is -2.06. The lowest BCUT2D eigenvalue weighted by Crippen LogP contribution is -1.95. The fourth-order valence-electron chi connectivity index (χ4n) is 2.63. The van der Waals surface area contributed by atoms with Crippen LogP contribution in [0.15, 0.2) is 78.9 Å². The summed E-state index contributed by atoms with van der Waals surface area (Å²) in [6.07, 6.45) is 5.01. The molecule has 3 aromatic carbocycles. The second kappa shape index (κ2) is 9.78. The van der Waals surface area contributed by atoms with E-state index in [4.69, 9.17) is 16.3 Å². The maximum atomic E-state index is 13.8. The maximum Gasteiger partial charge on any atom is 0.140 e. The van der Waals surface area contributed by atoms with Gasteiger partial charge in [0.1, 0.15) is 11.6 Å². The van der Waals surface area contributed by atoms with Crippen LogP contribution in [0.25, 0.3) is 11.1 Å². The first-order chi connectivity index (χ1) is 13.7. The van der Waals surface area contributed by atoms with Crippen LogP contribution in [-0.4, -0.2) is 6.61 Å². The normalized spacial score (nSPS) is 10.5. The Hall–Kier alpha value is -3.02. The summed E-state index contributed by atoms with van der Waals surface area (Å²) in [5, 5.41) is 0.363. The summed E-state index contributed by atoms with van der Waals surface area (Å²) in [6.45, 7) is 2.67. The molecule has 0 radical (unpaired) electrons. The van der Waals surface area contributed by atoms with Crippen LogP contribution in [-0.2, 0) is 0 Å². The van der Waals surface area contributed by atoms with E-state index < -0.39 is 5.82 Å². The Labute approximate surface area is 170 Å². The monoisotopic (exact) mass is 390 g/mol. The summed E-state index contributed by atoms with van der Waals surface area (Å²) < 4.78 is 19.5. The second-order valence-electron chi connectivity index (χ2n) is 6.18. The first-order valence-electron chi connectivity index (χ1n) is 9.07. The first kappa shape index (κ1) is 19.7. The molecule has 0 aliphatic carbocycles. The van der Waals surface area contributed by atoms with Crippen LogP contribution >= 0.6 is 11.6 Å². The number of benzene rings is 3. The summed E-state index contributed by atoms with van der Waals surface area (Å²) in [7, 11) is 0. The highest BCUT2D eigenvalue weighted by Gasteiger charge is 2.01. The first-order valence-corrected chi connectivity index (χ1v) is 9.45. The van der Waals surface area contributed by atoms with Crippen LogP contribution in [0, 0.1) is 17.7 Å². The molecule has 140 valence electrons. The van der Waals surface area contributed by atoms with Crippen molar-refractivity contribution < 1.29 is 9.13 Å². The molecule has 0 aromatic heterocycles. The van der Waals surface area contributed by atoms with E-state index in [-0.39, 0.29) is 0 Å². The largest absolute Gasteiger partial charge is 0.493 e. The Kier molecular flexibility index (Phi) is 6.89. The van der Waals surface area contributed by atoms with Gasteiger partial charge >= 0.3 is 0 Å². The summed E-state index contributed by atoms with van der Waals surface area (Å²) >= 11 is 5.76. The molecule has 0 saturated carbocycles. The molecule has 0 saturated heterocycles. The third-order valence-corrected chi connectivity index (χ3v) is 4.37. The molecule has 0 amide bonds. The Morgan fingerprint density at radius 3 is 2.25 bits per heavy atom. The van der Waals surface area contributed by atoms with E-state index in [0.717, 1.165) is 28.9 Å². The van der Waals surface area contributed by atoms with E-state index in [2.05, 4.69) is 17.9 Å². The molecular formula is C25H20ClFO. The fourth-order valence-corrected chi connectivity index (χ4v) is 2.79. The number of hydrogen-bond donors (Lipinski definition) is 0. The average molecular weight is 391 g/mol. The maximum absolute atomic E-state index is 13.8. The Morgan fingerprint density at radius 1 is 0.929 bits per heavy atom. The topological polar surface area (TPSA) is 9.23 Å². The van der Waals surface area contributed by atoms with Crippen molar-refractivity contribution in [1.29, 1.82) is 0 Å². The molecule has 0 N–H and O–H groups in total. The van der Waals surface area contributed by atoms with Gasteiger partial charge in [0.25, 0.3) is 0 Å². The zero-order valence-corrected chi connectivity index (χ0v) is 16.3. The van der Waals surface area contributed by atoms with Gasteiger partial charge in [-0.05, 0) is 66.9 Å². The van der Waals surface area contributed by atoms with E-state index in [1.165, 1.54) is 6.07 Å². The van der Waals surface area contributed by atoms with Gasteiger partial charge in [0.15, 0.2) is 0 Å². The van der Waals surface area contributed by atoms with Crippen LogP contribution in [0.1, 0.15) is 24.5 Å². The summed E-state index contributed by atoms with van der Waals surface area (Å²) in [5.74, 6) is 6.28. The fraction of sp³-hybridized carbons (Fsp3) is 0.120. The van der Waals surface area contributed by atoms with E-state index >= 15 is 0 Å². The highest BCUT2D eigenvalue weighted by atomic mass is 35.5.